The predicted octanol–water partition coefficient (Wildman–Crippen LogP) is 2.88. The van der Waals surface area contributed by atoms with Crippen molar-refractivity contribution in [2.24, 2.45) is 5.73 Å². The lowest BCUT2D eigenvalue weighted by Gasteiger charge is -2.05. The second-order valence-corrected chi connectivity index (χ2v) is 4.69. The molecule has 1 aromatic carbocycles. The maximum Gasteiger partial charge on any atom is 0.244 e. The van der Waals surface area contributed by atoms with Crippen LogP contribution in [0.4, 0.5) is 0 Å². The Balaban J connectivity index is 1.78. The summed E-state index contributed by atoms with van der Waals surface area (Å²) >= 11 is 0. The van der Waals surface area contributed by atoms with Gasteiger partial charge < -0.3 is 14.7 Å². The molecule has 2 aromatic heterocycles. The number of benzene rings is 1. The van der Waals surface area contributed by atoms with Crippen LogP contribution >= 0.6 is 0 Å². The monoisotopic (exact) mass is 269 g/mol. The van der Waals surface area contributed by atoms with E-state index in [1.807, 2.05) is 43.3 Å². The van der Waals surface area contributed by atoms with E-state index in [4.69, 9.17) is 14.7 Å². The molecule has 0 spiro atoms. The number of rotatable bonds is 4. The van der Waals surface area contributed by atoms with Gasteiger partial charge in [0.05, 0.1) is 12.3 Å². The summed E-state index contributed by atoms with van der Waals surface area (Å²) < 4.78 is 10.6. The van der Waals surface area contributed by atoms with Gasteiger partial charge >= 0.3 is 0 Å². The Morgan fingerprint density at radius 2 is 2.00 bits per heavy atom. The number of aromatic nitrogens is 2. The molecular formula is C15H15N3O2. The Morgan fingerprint density at radius 1 is 1.20 bits per heavy atom. The second kappa shape index (κ2) is 5.30. The molecule has 0 radical (unpaired) electrons. The van der Waals surface area contributed by atoms with Gasteiger partial charge in [0.1, 0.15) is 0 Å². The Labute approximate surface area is 116 Å². The van der Waals surface area contributed by atoms with Crippen LogP contribution in [0.25, 0.3) is 11.6 Å². The standard InChI is InChI=1S/C15H15N3O2/c1-10-7-8-19-13(10)14-17-15(20-18-14)12(16)9-11-5-3-2-4-6-11/h2-8,12H,9,16H2,1H3/t12-/m0/s1. The van der Waals surface area contributed by atoms with Crippen molar-refractivity contribution in [2.75, 3.05) is 0 Å². The fourth-order valence-corrected chi connectivity index (χ4v) is 2.04. The van der Waals surface area contributed by atoms with E-state index in [0.29, 0.717) is 23.9 Å². The van der Waals surface area contributed by atoms with Crippen LogP contribution in [0.3, 0.4) is 0 Å². The van der Waals surface area contributed by atoms with Crippen molar-refractivity contribution in [3.05, 3.63) is 59.7 Å². The fraction of sp³-hybridized carbons (Fsp3) is 0.200. The molecule has 2 heterocycles. The lowest BCUT2D eigenvalue weighted by atomic mass is 10.1. The molecule has 1 atom stereocenters. The first-order valence-corrected chi connectivity index (χ1v) is 6.41. The first-order chi connectivity index (χ1) is 9.74. The molecule has 20 heavy (non-hydrogen) atoms. The van der Waals surface area contributed by atoms with Gasteiger partial charge in [-0.3, -0.25) is 0 Å². The predicted molar refractivity (Wildman–Crippen MR) is 73.8 cm³/mol. The number of nitrogens with two attached hydrogens (primary N) is 1. The second-order valence-electron chi connectivity index (χ2n) is 4.69. The highest BCUT2D eigenvalue weighted by atomic mass is 16.5. The van der Waals surface area contributed by atoms with Crippen LogP contribution in [-0.4, -0.2) is 10.1 Å². The third-order valence-electron chi connectivity index (χ3n) is 3.12. The van der Waals surface area contributed by atoms with Gasteiger partial charge in [0.15, 0.2) is 5.76 Å². The normalized spacial score (nSPS) is 12.5. The number of hydrogen-bond acceptors (Lipinski definition) is 5. The van der Waals surface area contributed by atoms with E-state index in [-0.39, 0.29) is 6.04 Å². The van der Waals surface area contributed by atoms with E-state index in [1.165, 1.54) is 0 Å². The van der Waals surface area contributed by atoms with Crippen LogP contribution < -0.4 is 5.73 Å². The maximum absolute atomic E-state index is 6.10. The molecule has 0 fully saturated rings. The topological polar surface area (TPSA) is 78.1 Å². The minimum atomic E-state index is -0.325. The lowest BCUT2D eigenvalue weighted by molar-refractivity contribution is 0.353. The summed E-state index contributed by atoms with van der Waals surface area (Å²) in [5.41, 5.74) is 8.20. The molecule has 5 heteroatoms. The summed E-state index contributed by atoms with van der Waals surface area (Å²) in [4.78, 5) is 4.31. The summed E-state index contributed by atoms with van der Waals surface area (Å²) in [6.45, 7) is 1.93. The van der Waals surface area contributed by atoms with Crippen molar-refractivity contribution >= 4 is 0 Å². The van der Waals surface area contributed by atoms with Crippen molar-refractivity contribution < 1.29 is 8.94 Å². The Bertz CT molecular complexity index is 688. The van der Waals surface area contributed by atoms with Crippen LogP contribution in [0.15, 0.2) is 51.6 Å². The van der Waals surface area contributed by atoms with E-state index in [9.17, 15) is 0 Å². The van der Waals surface area contributed by atoms with Gasteiger partial charge in [0.25, 0.3) is 0 Å². The summed E-state index contributed by atoms with van der Waals surface area (Å²) in [6.07, 6.45) is 2.25. The van der Waals surface area contributed by atoms with Crippen LogP contribution in [0, 0.1) is 6.92 Å². The number of nitrogens with zero attached hydrogens (tertiary/aromatic N) is 2. The average Bonchev–Trinajstić information content (AvgIpc) is 3.08. The van der Waals surface area contributed by atoms with Crippen molar-refractivity contribution in [3.8, 4) is 11.6 Å². The molecule has 2 N–H and O–H groups in total. The Kier molecular flexibility index (Phi) is 3.35. The van der Waals surface area contributed by atoms with Crippen LogP contribution in [0.5, 0.6) is 0 Å². The minimum absolute atomic E-state index is 0.325. The molecule has 0 saturated heterocycles. The van der Waals surface area contributed by atoms with E-state index in [2.05, 4.69) is 10.1 Å². The van der Waals surface area contributed by atoms with Crippen molar-refractivity contribution in [3.63, 3.8) is 0 Å². The average molecular weight is 269 g/mol. The van der Waals surface area contributed by atoms with Crippen molar-refractivity contribution in [1.29, 1.82) is 0 Å². The fourth-order valence-electron chi connectivity index (χ4n) is 2.04. The molecule has 0 aliphatic rings. The quantitative estimate of drug-likeness (QED) is 0.788. The number of furan rings is 1. The largest absolute Gasteiger partial charge is 0.461 e. The zero-order valence-electron chi connectivity index (χ0n) is 11.1. The molecule has 0 aliphatic carbocycles. The molecular weight excluding hydrogens is 254 g/mol. The summed E-state index contributed by atoms with van der Waals surface area (Å²) in [6, 6.07) is 11.5. The smallest absolute Gasteiger partial charge is 0.244 e. The van der Waals surface area contributed by atoms with Crippen LogP contribution in [0.1, 0.15) is 23.1 Å². The summed E-state index contributed by atoms with van der Waals surface area (Å²) in [5, 5.41) is 3.92. The van der Waals surface area contributed by atoms with Gasteiger partial charge in [0.2, 0.25) is 11.7 Å². The van der Waals surface area contributed by atoms with Gasteiger partial charge in [-0.05, 0) is 30.5 Å². The van der Waals surface area contributed by atoms with E-state index < -0.39 is 0 Å². The number of aryl methyl sites for hydroxylation is 1. The zero-order chi connectivity index (χ0) is 13.9. The third-order valence-corrected chi connectivity index (χ3v) is 3.12. The van der Waals surface area contributed by atoms with Gasteiger partial charge in [-0.25, -0.2) is 0 Å². The molecule has 0 saturated carbocycles. The van der Waals surface area contributed by atoms with E-state index in [1.54, 1.807) is 6.26 Å². The summed E-state index contributed by atoms with van der Waals surface area (Å²) in [5.74, 6) is 1.47. The van der Waals surface area contributed by atoms with Gasteiger partial charge in [-0.1, -0.05) is 35.5 Å². The summed E-state index contributed by atoms with van der Waals surface area (Å²) in [7, 11) is 0. The molecule has 102 valence electrons. The highest BCUT2D eigenvalue weighted by Crippen LogP contribution is 2.23. The molecule has 0 amide bonds. The van der Waals surface area contributed by atoms with Gasteiger partial charge in [0, 0.05) is 0 Å². The zero-order valence-corrected chi connectivity index (χ0v) is 11.1. The Morgan fingerprint density at radius 3 is 2.70 bits per heavy atom. The van der Waals surface area contributed by atoms with Crippen LogP contribution in [-0.2, 0) is 6.42 Å². The lowest BCUT2D eigenvalue weighted by Crippen LogP contribution is -2.13. The molecule has 5 nitrogen and oxygen atoms in total. The molecule has 0 unspecified atom stereocenters. The maximum atomic E-state index is 6.10. The molecule has 3 aromatic rings. The van der Waals surface area contributed by atoms with E-state index >= 15 is 0 Å². The van der Waals surface area contributed by atoms with Crippen molar-refractivity contribution in [1.82, 2.24) is 10.1 Å². The Hall–Kier alpha value is -2.40. The van der Waals surface area contributed by atoms with Gasteiger partial charge in [-0.15, -0.1) is 0 Å². The molecule has 3 rings (SSSR count). The highest BCUT2D eigenvalue weighted by Gasteiger charge is 2.18. The first-order valence-electron chi connectivity index (χ1n) is 6.41. The SMILES string of the molecule is Cc1ccoc1-c1noc([C@@H](N)Cc2ccccc2)n1. The van der Waals surface area contributed by atoms with Gasteiger partial charge in [-0.2, -0.15) is 4.98 Å². The molecule has 0 aliphatic heterocycles. The highest BCUT2D eigenvalue weighted by molar-refractivity contribution is 5.51. The minimum Gasteiger partial charge on any atom is -0.461 e. The first kappa shape index (κ1) is 12.6. The number of hydrogen-bond donors (Lipinski definition) is 1. The molecule has 0 bridgehead atoms. The van der Waals surface area contributed by atoms with Crippen molar-refractivity contribution in [2.45, 2.75) is 19.4 Å². The van der Waals surface area contributed by atoms with Crippen LogP contribution in [0.2, 0.25) is 0 Å². The van der Waals surface area contributed by atoms with E-state index in [0.717, 1.165) is 11.1 Å². The third kappa shape index (κ3) is 2.48.